The molecule has 0 saturated heterocycles. The molecule has 0 fully saturated rings. The Morgan fingerprint density at radius 1 is 1.21 bits per heavy atom. The van der Waals surface area contributed by atoms with Crippen LogP contribution in [0.15, 0.2) is 54.6 Å². The zero-order chi connectivity index (χ0) is 16.8. The molecule has 1 N–H and O–H groups in total. The fourth-order valence-corrected chi connectivity index (χ4v) is 3.09. The monoisotopic (exact) mass is 325 g/mol. The summed E-state index contributed by atoms with van der Waals surface area (Å²) in [5, 5.41) is 3.17. The molecule has 1 aliphatic carbocycles. The Bertz CT molecular complexity index is 711. The van der Waals surface area contributed by atoms with Gasteiger partial charge in [0.25, 0.3) is 0 Å². The normalized spacial score (nSPS) is 17.0. The Morgan fingerprint density at radius 2 is 2.12 bits per heavy atom. The molecule has 0 amide bonds. The summed E-state index contributed by atoms with van der Waals surface area (Å²) in [6.07, 6.45) is 8.71. The predicted molar refractivity (Wildman–Crippen MR) is 96.9 cm³/mol. The van der Waals surface area contributed by atoms with Crippen LogP contribution >= 0.6 is 0 Å². The molecule has 0 aliphatic heterocycles. The Morgan fingerprint density at radius 3 is 2.88 bits per heavy atom. The van der Waals surface area contributed by atoms with Crippen molar-refractivity contribution in [3.63, 3.8) is 0 Å². The van der Waals surface area contributed by atoms with E-state index in [0.29, 0.717) is 0 Å². The summed E-state index contributed by atoms with van der Waals surface area (Å²) in [6.45, 7) is 0.883. The summed E-state index contributed by atoms with van der Waals surface area (Å²) in [5.74, 6) is 0.632. The molecule has 0 heterocycles. The number of rotatable bonds is 6. The van der Waals surface area contributed by atoms with Gasteiger partial charge in [0.1, 0.15) is 17.7 Å². The third kappa shape index (κ3) is 4.24. The molecule has 0 saturated carbocycles. The number of ether oxygens (including phenoxy) is 1. The van der Waals surface area contributed by atoms with E-state index in [1.165, 1.54) is 11.6 Å². The first-order valence-electron chi connectivity index (χ1n) is 8.63. The second-order valence-corrected chi connectivity index (χ2v) is 6.20. The molecule has 126 valence electrons. The standard InChI is InChI=1S/C21H24FNO/c1-23-13-12-16-10-11-20(24-19-8-3-2-4-9-19)15-21(16)17-6-5-7-18(22)14-17/h3,5-8,10-11,14-15,19,23H,2,4,9,12-13H2,1H3. The van der Waals surface area contributed by atoms with Gasteiger partial charge >= 0.3 is 0 Å². The van der Waals surface area contributed by atoms with Crippen molar-refractivity contribution < 1.29 is 9.13 Å². The largest absolute Gasteiger partial charge is 0.486 e. The van der Waals surface area contributed by atoms with Crippen molar-refractivity contribution >= 4 is 0 Å². The molecule has 0 aromatic heterocycles. The van der Waals surface area contributed by atoms with Crippen molar-refractivity contribution in [3.05, 3.63) is 66.0 Å². The second-order valence-electron chi connectivity index (χ2n) is 6.20. The molecular weight excluding hydrogens is 301 g/mol. The van der Waals surface area contributed by atoms with E-state index in [2.05, 4.69) is 23.5 Å². The third-order valence-corrected chi connectivity index (χ3v) is 4.36. The molecule has 0 spiro atoms. The zero-order valence-corrected chi connectivity index (χ0v) is 14.1. The van der Waals surface area contributed by atoms with Crippen molar-refractivity contribution in [3.8, 4) is 16.9 Å². The minimum absolute atomic E-state index is 0.141. The molecular formula is C21H24FNO. The maximum Gasteiger partial charge on any atom is 0.123 e. The molecule has 0 bridgehead atoms. The van der Waals surface area contributed by atoms with Gasteiger partial charge in [0.15, 0.2) is 0 Å². The van der Waals surface area contributed by atoms with E-state index in [1.54, 1.807) is 12.1 Å². The molecule has 1 unspecified atom stereocenters. The summed E-state index contributed by atoms with van der Waals surface area (Å²) in [5.41, 5.74) is 3.13. The van der Waals surface area contributed by atoms with Crippen LogP contribution in [-0.4, -0.2) is 19.7 Å². The summed E-state index contributed by atoms with van der Waals surface area (Å²) in [4.78, 5) is 0. The van der Waals surface area contributed by atoms with Gasteiger partial charge in [-0.1, -0.05) is 24.3 Å². The van der Waals surface area contributed by atoms with E-state index in [0.717, 1.165) is 49.1 Å². The van der Waals surface area contributed by atoms with E-state index in [1.807, 2.05) is 25.2 Å². The van der Waals surface area contributed by atoms with E-state index in [4.69, 9.17) is 4.74 Å². The lowest BCUT2D eigenvalue weighted by molar-refractivity contribution is 0.230. The van der Waals surface area contributed by atoms with Crippen LogP contribution in [0.5, 0.6) is 5.75 Å². The van der Waals surface area contributed by atoms with E-state index in [9.17, 15) is 4.39 Å². The number of allylic oxidation sites excluding steroid dienone is 1. The maximum atomic E-state index is 13.7. The smallest absolute Gasteiger partial charge is 0.123 e. The van der Waals surface area contributed by atoms with Crippen LogP contribution in [0.25, 0.3) is 11.1 Å². The Hall–Kier alpha value is -2.13. The zero-order valence-electron chi connectivity index (χ0n) is 14.1. The number of hydrogen-bond acceptors (Lipinski definition) is 2. The molecule has 24 heavy (non-hydrogen) atoms. The topological polar surface area (TPSA) is 21.3 Å². The van der Waals surface area contributed by atoms with Gasteiger partial charge in [-0.05, 0) is 86.3 Å². The lowest BCUT2D eigenvalue weighted by atomic mass is 9.97. The van der Waals surface area contributed by atoms with Gasteiger partial charge in [0.05, 0.1) is 0 Å². The van der Waals surface area contributed by atoms with Crippen LogP contribution in [0, 0.1) is 5.82 Å². The molecule has 3 heteroatoms. The quantitative estimate of drug-likeness (QED) is 0.774. The maximum absolute atomic E-state index is 13.7. The van der Waals surface area contributed by atoms with Gasteiger partial charge in [-0.3, -0.25) is 0 Å². The first-order valence-corrected chi connectivity index (χ1v) is 8.63. The van der Waals surface area contributed by atoms with E-state index < -0.39 is 0 Å². The first-order chi connectivity index (χ1) is 11.8. The Balaban J connectivity index is 1.91. The summed E-state index contributed by atoms with van der Waals surface area (Å²) >= 11 is 0. The van der Waals surface area contributed by atoms with Crippen LogP contribution in [0.3, 0.4) is 0 Å². The van der Waals surface area contributed by atoms with E-state index in [-0.39, 0.29) is 11.9 Å². The van der Waals surface area contributed by atoms with Crippen LogP contribution in [0.4, 0.5) is 4.39 Å². The fraction of sp³-hybridized carbons (Fsp3) is 0.333. The minimum atomic E-state index is -0.214. The van der Waals surface area contributed by atoms with Crippen molar-refractivity contribution in [2.45, 2.75) is 31.8 Å². The number of likely N-dealkylation sites (N-methyl/N-ethyl adjacent to an activating group) is 1. The highest BCUT2D eigenvalue weighted by Crippen LogP contribution is 2.30. The number of nitrogens with one attached hydrogen (secondary N) is 1. The predicted octanol–water partition coefficient (Wildman–Crippen LogP) is 4.74. The van der Waals surface area contributed by atoms with E-state index >= 15 is 0 Å². The molecule has 1 atom stereocenters. The lowest BCUT2D eigenvalue weighted by Crippen LogP contribution is -2.16. The second kappa shape index (κ2) is 8.11. The molecule has 2 nitrogen and oxygen atoms in total. The van der Waals surface area contributed by atoms with Crippen LogP contribution in [-0.2, 0) is 6.42 Å². The molecule has 2 aromatic carbocycles. The van der Waals surface area contributed by atoms with Crippen molar-refractivity contribution in [1.82, 2.24) is 5.32 Å². The minimum Gasteiger partial charge on any atom is -0.486 e. The number of benzene rings is 2. The highest BCUT2D eigenvalue weighted by atomic mass is 19.1. The van der Waals surface area contributed by atoms with Crippen LogP contribution in [0.2, 0.25) is 0 Å². The lowest BCUT2D eigenvalue weighted by Gasteiger charge is -2.20. The first kappa shape index (κ1) is 16.7. The fourth-order valence-electron chi connectivity index (χ4n) is 3.09. The average molecular weight is 325 g/mol. The van der Waals surface area contributed by atoms with Gasteiger partial charge in [-0.15, -0.1) is 0 Å². The van der Waals surface area contributed by atoms with Crippen molar-refractivity contribution in [2.75, 3.05) is 13.6 Å². The summed E-state index contributed by atoms with van der Waals surface area (Å²) in [6, 6.07) is 12.9. The summed E-state index contributed by atoms with van der Waals surface area (Å²) in [7, 11) is 1.94. The van der Waals surface area contributed by atoms with Gasteiger partial charge in [-0.25, -0.2) is 4.39 Å². The molecule has 1 aliphatic rings. The number of hydrogen-bond donors (Lipinski definition) is 1. The van der Waals surface area contributed by atoms with Crippen LogP contribution in [0.1, 0.15) is 24.8 Å². The van der Waals surface area contributed by atoms with Crippen molar-refractivity contribution in [1.29, 1.82) is 0 Å². The highest BCUT2D eigenvalue weighted by molar-refractivity contribution is 5.69. The Kier molecular flexibility index (Phi) is 5.65. The van der Waals surface area contributed by atoms with Gasteiger partial charge < -0.3 is 10.1 Å². The number of halogens is 1. The Labute approximate surface area is 143 Å². The van der Waals surface area contributed by atoms with Gasteiger partial charge in [0.2, 0.25) is 0 Å². The molecule has 0 radical (unpaired) electrons. The van der Waals surface area contributed by atoms with Crippen LogP contribution < -0.4 is 10.1 Å². The highest BCUT2D eigenvalue weighted by Gasteiger charge is 2.12. The average Bonchev–Trinajstić information content (AvgIpc) is 2.61. The molecule has 2 aromatic rings. The SMILES string of the molecule is CNCCc1ccc(OC2C=CCCC2)cc1-c1cccc(F)c1. The summed E-state index contributed by atoms with van der Waals surface area (Å²) < 4.78 is 19.8. The van der Waals surface area contributed by atoms with Crippen molar-refractivity contribution in [2.24, 2.45) is 0 Å². The third-order valence-electron chi connectivity index (χ3n) is 4.36. The van der Waals surface area contributed by atoms with Gasteiger partial charge in [0, 0.05) is 0 Å². The molecule has 3 rings (SSSR count). The van der Waals surface area contributed by atoms with Gasteiger partial charge in [-0.2, -0.15) is 0 Å².